The molecule has 1 aliphatic heterocycles. The van der Waals surface area contributed by atoms with Gasteiger partial charge in [0.1, 0.15) is 25.0 Å². The number of aliphatic hydroxyl groups excluding tert-OH is 1. The molecule has 3 heteroatoms. The maximum absolute atomic E-state index is 10.1. The van der Waals surface area contributed by atoms with E-state index in [4.69, 9.17) is 4.74 Å². The Labute approximate surface area is 116 Å². The van der Waals surface area contributed by atoms with Crippen molar-refractivity contribution in [2.24, 2.45) is 0 Å². The van der Waals surface area contributed by atoms with Crippen molar-refractivity contribution in [2.75, 3.05) is 26.2 Å². The predicted octanol–water partition coefficient (Wildman–Crippen LogP) is 1.11. The first-order valence-corrected chi connectivity index (χ1v) is 7.37. The van der Waals surface area contributed by atoms with Crippen LogP contribution in [0.1, 0.15) is 30.4 Å². The second-order valence-electron chi connectivity index (χ2n) is 5.75. The molecule has 3 nitrogen and oxygen atoms in total. The standard InChI is InChI=1S/C16H25NO2/c1-13-6-7-14(2)16(10-13)19-12-15(18)11-17-8-4-3-5-9-17/h6-7,10,15,18H,3-5,8-9,11-12H2,1-2H3/p+1/t15-/m1/s1. The van der Waals surface area contributed by atoms with E-state index in [-0.39, 0.29) is 6.10 Å². The first-order valence-electron chi connectivity index (χ1n) is 7.37. The number of hydrogen-bond donors (Lipinski definition) is 2. The van der Waals surface area contributed by atoms with Gasteiger partial charge in [-0.2, -0.15) is 0 Å². The van der Waals surface area contributed by atoms with Crippen molar-refractivity contribution in [1.82, 2.24) is 0 Å². The zero-order valence-electron chi connectivity index (χ0n) is 12.1. The SMILES string of the molecule is Cc1ccc(C)c(OC[C@H](O)C[NH+]2CCCCC2)c1. The number of piperidine rings is 1. The monoisotopic (exact) mass is 264 g/mol. The number of benzene rings is 1. The maximum atomic E-state index is 10.1. The molecule has 1 saturated heterocycles. The molecule has 2 N–H and O–H groups in total. The van der Waals surface area contributed by atoms with Gasteiger partial charge in [0.25, 0.3) is 0 Å². The van der Waals surface area contributed by atoms with E-state index in [1.807, 2.05) is 13.0 Å². The van der Waals surface area contributed by atoms with Crippen LogP contribution in [0.5, 0.6) is 5.75 Å². The van der Waals surface area contributed by atoms with Gasteiger partial charge in [-0.15, -0.1) is 0 Å². The molecule has 0 bridgehead atoms. The number of quaternary nitrogens is 1. The predicted molar refractivity (Wildman–Crippen MR) is 76.8 cm³/mol. The van der Waals surface area contributed by atoms with Crippen molar-refractivity contribution in [2.45, 2.75) is 39.2 Å². The number of ether oxygens (including phenoxy) is 1. The van der Waals surface area contributed by atoms with Crippen molar-refractivity contribution >= 4 is 0 Å². The van der Waals surface area contributed by atoms with Crippen molar-refractivity contribution in [3.8, 4) is 5.75 Å². The third-order valence-corrected chi connectivity index (χ3v) is 3.86. The van der Waals surface area contributed by atoms with Gasteiger partial charge in [0, 0.05) is 0 Å². The first kappa shape index (κ1) is 14.4. The summed E-state index contributed by atoms with van der Waals surface area (Å²) in [5, 5.41) is 10.1. The molecule has 1 aromatic rings. The molecule has 0 spiro atoms. The highest BCUT2D eigenvalue weighted by Crippen LogP contribution is 2.19. The van der Waals surface area contributed by atoms with Crippen LogP contribution in [0.15, 0.2) is 18.2 Å². The molecule has 0 radical (unpaired) electrons. The number of nitrogens with one attached hydrogen (secondary N) is 1. The third-order valence-electron chi connectivity index (χ3n) is 3.86. The molecule has 0 aliphatic carbocycles. The lowest BCUT2D eigenvalue weighted by Crippen LogP contribution is -3.14. The van der Waals surface area contributed by atoms with Crippen LogP contribution in [0.25, 0.3) is 0 Å². The summed E-state index contributed by atoms with van der Waals surface area (Å²) in [7, 11) is 0. The highest BCUT2D eigenvalue weighted by Gasteiger charge is 2.18. The largest absolute Gasteiger partial charge is 0.490 e. The molecule has 106 valence electrons. The molecule has 1 atom stereocenters. The van der Waals surface area contributed by atoms with Gasteiger partial charge in [-0.1, -0.05) is 12.1 Å². The van der Waals surface area contributed by atoms with Crippen LogP contribution in [0.4, 0.5) is 0 Å². The molecule has 0 unspecified atom stereocenters. The van der Waals surface area contributed by atoms with E-state index in [2.05, 4.69) is 19.1 Å². The van der Waals surface area contributed by atoms with Crippen LogP contribution in [0.2, 0.25) is 0 Å². The summed E-state index contributed by atoms with van der Waals surface area (Å²) in [5.74, 6) is 0.896. The fourth-order valence-corrected chi connectivity index (χ4v) is 2.70. The van der Waals surface area contributed by atoms with Gasteiger partial charge in [0.05, 0.1) is 13.1 Å². The second-order valence-corrected chi connectivity index (χ2v) is 5.75. The topological polar surface area (TPSA) is 33.9 Å². The van der Waals surface area contributed by atoms with Crippen molar-refractivity contribution in [3.05, 3.63) is 29.3 Å². The summed E-state index contributed by atoms with van der Waals surface area (Å²) < 4.78 is 5.76. The minimum atomic E-state index is -0.368. The van der Waals surface area contributed by atoms with E-state index in [0.717, 1.165) is 17.9 Å². The van der Waals surface area contributed by atoms with Crippen LogP contribution in [0, 0.1) is 13.8 Å². The fraction of sp³-hybridized carbons (Fsp3) is 0.625. The van der Waals surface area contributed by atoms with Crippen LogP contribution in [-0.4, -0.2) is 37.5 Å². The highest BCUT2D eigenvalue weighted by atomic mass is 16.5. The lowest BCUT2D eigenvalue weighted by Gasteiger charge is -2.25. The summed E-state index contributed by atoms with van der Waals surface area (Å²) in [4.78, 5) is 1.52. The van der Waals surface area contributed by atoms with Crippen molar-refractivity contribution in [3.63, 3.8) is 0 Å². The minimum Gasteiger partial charge on any atom is -0.490 e. The van der Waals surface area contributed by atoms with Gasteiger partial charge < -0.3 is 14.7 Å². The van der Waals surface area contributed by atoms with Crippen LogP contribution in [0.3, 0.4) is 0 Å². The van der Waals surface area contributed by atoms with E-state index in [0.29, 0.717) is 6.61 Å². The van der Waals surface area contributed by atoms with Gasteiger partial charge >= 0.3 is 0 Å². The lowest BCUT2D eigenvalue weighted by molar-refractivity contribution is -0.908. The lowest BCUT2D eigenvalue weighted by atomic mass is 10.1. The van der Waals surface area contributed by atoms with E-state index in [1.54, 1.807) is 0 Å². The summed E-state index contributed by atoms with van der Waals surface area (Å²) in [6, 6.07) is 6.18. The smallest absolute Gasteiger partial charge is 0.137 e. The Morgan fingerprint density at radius 3 is 2.68 bits per heavy atom. The summed E-state index contributed by atoms with van der Waals surface area (Å²) in [5.41, 5.74) is 2.32. The molecule has 0 amide bonds. The van der Waals surface area contributed by atoms with E-state index in [1.165, 1.54) is 42.8 Å². The Morgan fingerprint density at radius 1 is 1.21 bits per heavy atom. The molecular formula is C16H26NO2+. The number of aryl methyl sites for hydroxylation is 2. The fourth-order valence-electron chi connectivity index (χ4n) is 2.70. The Hall–Kier alpha value is -1.06. The van der Waals surface area contributed by atoms with Crippen LogP contribution >= 0.6 is 0 Å². The molecule has 1 aromatic carbocycles. The average molecular weight is 264 g/mol. The third kappa shape index (κ3) is 4.51. The van der Waals surface area contributed by atoms with E-state index < -0.39 is 0 Å². The van der Waals surface area contributed by atoms with E-state index in [9.17, 15) is 5.11 Å². The van der Waals surface area contributed by atoms with Gasteiger partial charge in [0.15, 0.2) is 0 Å². The Kier molecular flexibility index (Phi) is 5.23. The highest BCUT2D eigenvalue weighted by molar-refractivity contribution is 5.35. The molecule has 19 heavy (non-hydrogen) atoms. The van der Waals surface area contributed by atoms with E-state index >= 15 is 0 Å². The van der Waals surface area contributed by atoms with Gasteiger partial charge in [-0.05, 0) is 50.3 Å². The molecule has 2 rings (SSSR count). The number of aliphatic hydroxyl groups is 1. The molecule has 1 aliphatic rings. The Balaban J connectivity index is 1.79. The summed E-state index contributed by atoms with van der Waals surface area (Å²) >= 11 is 0. The van der Waals surface area contributed by atoms with Gasteiger partial charge in [-0.25, -0.2) is 0 Å². The summed E-state index contributed by atoms with van der Waals surface area (Å²) in [6.07, 6.45) is 3.56. The quantitative estimate of drug-likeness (QED) is 0.835. The molecule has 1 heterocycles. The van der Waals surface area contributed by atoms with Gasteiger partial charge in [-0.3, -0.25) is 0 Å². The number of hydrogen-bond acceptors (Lipinski definition) is 2. The van der Waals surface area contributed by atoms with Crippen LogP contribution < -0.4 is 9.64 Å². The van der Waals surface area contributed by atoms with Crippen molar-refractivity contribution in [1.29, 1.82) is 0 Å². The normalized spacial score (nSPS) is 18.3. The second kappa shape index (κ2) is 6.92. The summed E-state index contributed by atoms with van der Waals surface area (Å²) in [6.45, 7) is 7.69. The first-order chi connectivity index (χ1) is 9.15. The molecule has 0 aromatic heterocycles. The zero-order valence-corrected chi connectivity index (χ0v) is 12.1. The van der Waals surface area contributed by atoms with Crippen molar-refractivity contribution < 1.29 is 14.7 Å². The average Bonchev–Trinajstić information content (AvgIpc) is 2.41. The number of likely N-dealkylation sites (tertiary alicyclic amines) is 1. The Bertz CT molecular complexity index is 400. The minimum absolute atomic E-state index is 0.368. The maximum Gasteiger partial charge on any atom is 0.137 e. The number of rotatable bonds is 5. The van der Waals surface area contributed by atoms with Gasteiger partial charge in [0.2, 0.25) is 0 Å². The molecular weight excluding hydrogens is 238 g/mol. The molecule has 1 fully saturated rings. The van der Waals surface area contributed by atoms with Crippen LogP contribution in [-0.2, 0) is 0 Å². The molecule has 0 saturated carbocycles. The Morgan fingerprint density at radius 2 is 1.95 bits per heavy atom. The zero-order chi connectivity index (χ0) is 13.7.